The summed E-state index contributed by atoms with van der Waals surface area (Å²) in [5.41, 5.74) is 1.36. The number of carbonyl (C=O) groups is 1. The second-order valence-corrected chi connectivity index (χ2v) is 9.81. The third-order valence-electron chi connectivity index (χ3n) is 7.43. The van der Waals surface area contributed by atoms with Crippen LogP contribution in [0.5, 0.6) is 0 Å². The van der Waals surface area contributed by atoms with Crippen molar-refractivity contribution in [1.29, 1.82) is 0 Å². The summed E-state index contributed by atoms with van der Waals surface area (Å²) in [5.74, 6) is 0.945. The lowest BCUT2D eigenvalue weighted by molar-refractivity contribution is -0.137. The molecule has 1 heterocycles. The Morgan fingerprint density at radius 3 is 2.46 bits per heavy atom. The largest absolute Gasteiger partial charge is 0.416 e. The number of rotatable bonds is 7. The van der Waals surface area contributed by atoms with Gasteiger partial charge in [-0.05, 0) is 62.8 Å². The Morgan fingerprint density at radius 1 is 1.14 bits per heavy atom. The molecule has 35 heavy (non-hydrogen) atoms. The molecular weight excluding hydrogens is 453 g/mol. The van der Waals surface area contributed by atoms with Gasteiger partial charge in [0.05, 0.1) is 18.3 Å². The van der Waals surface area contributed by atoms with Gasteiger partial charge in [0.15, 0.2) is 0 Å². The van der Waals surface area contributed by atoms with Gasteiger partial charge in [0.25, 0.3) is 0 Å². The Balaban J connectivity index is 1.52. The summed E-state index contributed by atoms with van der Waals surface area (Å²) in [4.78, 5) is 18.8. The third kappa shape index (κ3) is 5.45. The maximum Gasteiger partial charge on any atom is 0.416 e. The number of ether oxygens (including phenoxy) is 1. The van der Waals surface area contributed by atoms with Crippen LogP contribution in [0.1, 0.15) is 74.3 Å². The van der Waals surface area contributed by atoms with Gasteiger partial charge in [-0.15, -0.1) is 0 Å². The lowest BCUT2D eigenvalue weighted by Gasteiger charge is -2.43. The first-order valence-corrected chi connectivity index (χ1v) is 12.3. The van der Waals surface area contributed by atoms with Crippen LogP contribution in [0.4, 0.5) is 13.2 Å². The van der Waals surface area contributed by atoms with Crippen LogP contribution >= 0.6 is 0 Å². The van der Waals surface area contributed by atoms with E-state index in [1.54, 1.807) is 13.0 Å². The number of benzene rings is 2. The quantitative estimate of drug-likeness (QED) is 0.441. The number of amidine groups is 1. The molecular formula is C28H33F3N2O2. The van der Waals surface area contributed by atoms with E-state index in [9.17, 15) is 18.0 Å². The van der Waals surface area contributed by atoms with E-state index in [-0.39, 0.29) is 23.9 Å². The second kappa shape index (κ2) is 10.1. The van der Waals surface area contributed by atoms with Gasteiger partial charge in [-0.3, -0.25) is 14.7 Å². The molecule has 0 N–H and O–H groups in total. The molecule has 0 spiro atoms. The van der Waals surface area contributed by atoms with Gasteiger partial charge < -0.3 is 4.74 Å². The van der Waals surface area contributed by atoms with Crippen molar-refractivity contribution in [2.45, 2.75) is 76.6 Å². The summed E-state index contributed by atoms with van der Waals surface area (Å²) < 4.78 is 46.3. The summed E-state index contributed by atoms with van der Waals surface area (Å²) in [6, 6.07) is 14.4. The van der Waals surface area contributed by atoms with Crippen LogP contribution in [-0.4, -0.2) is 35.8 Å². The SMILES string of the molecule is CCC1=NCC(=O)N1C1CCC(CO[C@H](C)c2cc(C)cc(C(F)(F)F)c2)(c2ccccc2)CC1. The van der Waals surface area contributed by atoms with Gasteiger partial charge in [-0.2, -0.15) is 13.2 Å². The number of halogens is 3. The van der Waals surface area contributed by atoms with Crippen molar-refractivity contribution in [2.75, 3.05) is 13.2 Å². The highest BCUT2D eigenvalue weighted by atomic mass is 19.4. The Kier molecular flexibility index (Phi) is 7.36. The highest BCUT2D eigenvalue weighted by molar-refractivity contribution is 6.04. The van der Waals surface area contributed by atoms with Crippen LogP contribution in [0.15, 0.2) is 53.5 Å². The zero-order chi connectivity index (χ0) is 25.2. The predicted octanol–water partition coefficient (Wildman–Crippen LogP) is 6.62. The van der Waals surface area contributed by atoms with E-state index in [0.717, 1.165) is 44.0 Å². The first-order valence-electron chi connectivity index (χ1n) is 12.3. The normalized spacial score (nSPS) is 23.9. The summed E-state index contributed by atoms with van der Waals surface area (Å²) >= 11 is 0. The molecule has 1 saturated carbocycles. The van der Waals surface area contributed by atoms with Crippen molar-refractivity contribution in [3.05, 3.63) is 70.8 Å². The Bertz CT molecular complexity index is 1070. The van der Waals surface area contributed by atoms with Crippen LogP contribution in [-0.2, 0) is 21.1 Å². The van der Waals surface area contributed by atoms with E-state index in [0.29, 0.717) is 17.7 Å². The fraction of sp³-hybridized carbons (Fsp3) is 0.500. The fourth-order valence-corrected chi connectivity index (χ4v) is 5.46. The average molecular weight is 487 g/mol. The van der Waals surface area contributed by atoms with Gasteiger partial charge in [0.1, 0.15) is 12.4 Å². The minimum absolute atomic E-state index is 0.0730. The molecule has 188 valence electrons. The number of nitrogens with zero attached hydrogens (tertiary/aromatic N) is 2. The monoisotopic (exact) mass is 486 g/mol. The number of hydrogen-bond acceptors (Lipinski definition) is 3. The van der Waals surface area contributed by atoms with Crippen molar-refractivity contribution in [1.82, 2.24) is 4.90 Å². The highest BCUT2D eigenvalue weighted by Crippen LogP contribution is 2.43. The molecule has 0 radical (unpaired) electrons. The average Bonchev–Trinajstić information content (AvgIpc) is 3.23. The predicted molar refractivity (Wildman–Crippen MR) is 130 cm³/mol. The van der Waals surface area contributed by atoms with E-state index >= 15 is 0 Å². The topological polar surface area (TPSA) is 41.9 Å². The molecule has 1 fully saturated rings. The molecule has 1 aliphatic heterocycles. The molecule has 1 amide bonds. The summed E-state index contributed by atoms with van der Waals surface area (Å²) in [5, 5.41) is 0. The molecule has 1 atom stereocenters. The van der Waals surface area contributed by atoms with Gasteiger partial charge in [0, 0.05) is 17.9 Å². The lowest BCUT2D eigenvalue weighted by atomic mass is 9.68. The van der Waals surface area contributed by atoms with Crippen molar-refractivity contribution in [3.8, 4) is 0 Å². The molecule has 2 aliphatic rings. The Hall–Kier alpha value is -2.67. The second-order valence-electron chi connectivity index (χ2n) is 9.81. The molecule has 0 saturated heterocycles. The van der Waals surface area contributed by atoms with E-state index in [2.05, 4.69) is 17.1 Å². The molecule has 7 heteroatoms. The van der Waals surface area contributed by atoms with Crippen molar-refractivity contribution in [3.63, 3.8) is 0 Å². The standard InChI is InChI=1S/C28H33F3N2O2/c1-4-25-32-17-26(34)33(25)24-10-12-27(13-11-24,22-8-6-5-7-9-22)18-35-20(3)21-14-19(2)15-23(16-21)28(29,30)31/h5-9,14-16,20,24H,4,10-13,17-18H2,1-3H3/t20-,24?,27?/m1/s1. The maximum absolute atomic E-state index is 13.3. The number of carbonyl (C=O) groups excluding carboxylic acids is 1. The minimum Gasteiger partial charge on any atom is -0.373 e. The zero-order valence-electron chi connectivity index (χ0n) is 20.6. The molecule has 4 nitrogen and oxygen atoms in total. The Morgan fingerprint density at radius 2 is 1.83 bits per heavy atom. The number of aryl methyl sites for hydroxylation is 1. The molecule has 1 aliphatic carbocycles. The van der Waals surface area contributed by atoms with Crippen LogP contribution in [0.25, 0.3) is 0 Å². The zero-order valence-corrected chi connectivity index (χ0v) is 20.6. The third-order valence-corrected chi connectivity index (χ3v) is 7.43. The van der Waals surface area contributed by atoms with Gasteiger partial charge >= 0.3 is 6.18 Å². The summed E-state index contributed by atoms with van der Waals surface area (Å²) in [6.07, 6.45) is -0.803. The van der Waals surface area contributed by atoms with E-state index in [1.807, 2.05) is 36.9 Å². The first kappa shape index (κ1) is 25.4. The molecule has 2 aromatic rings. The smallest absolute Gasteiger partial charge is 0.373 e. The van der Waals surface area contributed by atoms with E-state index in [4.69, 9.17) is 4.74 Å². The Labute approximate surface area is 205 Å². The molecule has 0 aromatic heterocycles. The lowest BCUT2D eigenvalue weighted by Crippen LogP contribution is -2.47. The summed E-state index contributed by atoms with van der Waals surface area (Å²) in [6.45, 7) is 6.15. The van der Waals surface area contributed by atoms with Crippen molar-refractivity contribution >= 4 is 11.7 Å². The van der Waals surface area contributed by atoms with E-state index in [1.165, 1.54) is 11.6 Å². The van der Waals surface area contributed by atoms with Crippen LogP contribution in [0.2, 0.25) is 0 Å². The number of aliphatic imine (C=N–C) groups is 1. The fourth-order valence-electron chi connectivity index (χ4n) is 5.46. The van der Waals surface area contributed by atoms with Crippen LogP contribution in [0, 0.1) is 6.92 Å². The number of hydrogen-bond donors (Lipinski definition) is 0. The number of amides is 1. The summed E-state index contributed by atoms with van der Waals surface area (Å²) in [7, 11) is 0. The number of alkyl halides is 3. The van der Waals surface area contributed by atoms with Gasteiger partial charge in [-0.25, -0.2) is 0 Å². The highest BCUT2D eigenvalue weighted by Gasteiger charge is 2.42. The minimum atomic E-state index is -4.39. The van der Waals surface area contributed by atoms with E-state index < -0.39 is 17.8 Å². The van der Waals surface area contributed by atoms with Crippen molar-refractivity contribution in [2.24, 2.45) is 4.99 Å². The molecule has 2 aromatic carbocycles. The van der Waals surface area contributed by atoms with Crippen LogP contribution < -0.4 is 0 Å². The van der Waals surface area contributed by atoms with Gasteiger partial charge in [0.2, 0.25) is 5.91 Å². The molecule has 4 rings (SSSR count). The van der Waals surface area contributed by atoms with Gasteiger partial charge in [-0.1, -0.05) is 48.9 Å². The maximum atomic E-state index is 13.3. The molecule has 0 unspecified atom stereocenters. The van der Waals surface area contributed by atoms with Crippen LogP contribution in [0.3, 0.4) is 0 Å². The van der Waals surface area contributed by atoms with Crippen molar-refractivity contribution < 1.29 is 22.7 Å². The first-order chi connectivity index (χ1) is 16.6. The molecule has 0 bridgehead atoms.